The highest BCUT2D eigenvalue weighted by atomic mass is 32.1. The van der Waals surface area contributed by atoms with Crippen molar-refractivity contribution in [3.8, 4) is 5.75 Å². The van der Waals surface area contributed by atoms with Gasteiger partial charge in [0.2, 0.25) is 5.91 Å². The quantitative estimate of drug-likeness (QED) is 0.809. The van der Waals surface area contributed by atoms with E-state index in [4.69, 9.17) is 0 Å². The van der Waals surface area contributed by atoms with Crippen molar-refractivity contribution in [2.75, 3.05) is 10.6 Å². The van der Waals surface area contributed by atoms with Crippen LogP contribution in [0.3, 0.4) is 0 Å². The van der Waals surface area contributed by atoms with E-state index in [1.165, 1.54) is 23.6 Å². The van der Waals surface area contributed by atoms with Crippen LogP contribution < -0.4 is 10.6 Å². The standard InChI is InChI=1S/C14H13N3O3S/c18-9-2-1-7-15-12(9)17-14(20)10-5-6-11(21-10)16-13(19)8-3-4-8/h1-2,5-8,18H,3-4H2,(H,16,19)(H,15,17,20). The van der Waals surface area contributed by atoms with Crippen LogP contribution in [-0.2, 0) is 4.79 Å². The number of nitrogens with zero attached hydrogens (tertiary/aromatic N) is 1. The van der Waals surface area contributed by atoms with Crippen LogP contribution in [0.25, 0.3) is 0 Å². The van der Waals surface area contributed by atoms with Gasteiger partial charge in [0.15, 0.2) is 11.6 Å². The predicted molar refractivity (Wildman–Crippen MR) is 79.5 cm³/mol. The minimum atomic E-state index is -0.374. The van der Waals surface area contributed by atoms with Crippen LogP contribution in [0, 0.1) is 5.92 Å². The van der Waals surface area contributed by atoms with Gasteiger partial charge in [-0.25, -0.2) is 4.98 Å². The molecule has 2 aromatic heterocycles. The number of carbonyl (C=O) groups excluding carboxylic acids is 2. The van der Waals surface area contributed by atoms with Gasteiger partial charge in [0.05, 0.1) is 9.88 Å². The Balaban J connectivity index is 1.66. The molecule has 0 bridgehead atoms. The van der Waals surface area contributed by atoms with Crippen molar-refractivity contribution < 1.29 is 14.7 Å². The first-order valence-electron chi connectivity index (χ1n) is 6.49. The number of hydrogen-bond acceptors (Lipinski definition) is 5. The smallest absolute Gasteiger partial charge is 0.267 e. The highest BCUT2D eigenvalue weighted by molar-refractivity contribution is 7.18. The average molecular weight is 303 g/mol. The minimum absolute atomic E-state index is 0.00572. The average Bonchev–Trinajstić information content (AvgIpc) is 3.22. The maximum atomic E-state index is 12.0. The summed E-state index contributed by atoms with van der Waals surface area (Å²) in [7, 11) is 0. The third-order valence-electron chi connectivity index (χ3n) is 3.04. The molecule has 21 heavy (non-hydrogen) atoms. The molecule has 0 aliphatic heterocycles. The lowest BCUT2D eigenvalue weighted by atomic mass is 10.4. The summed E-state index contributed by atoms with van der Waals surface area (Å²) in [4.78, 5) is 28.0. The minimum Gasteiger partial charge on any atom is -0.504 e. The SMILES string of the molecule is O=C(Nc1ncccc1O)c1ccc(NC(=O)C2CC2)s1. The molecule has 1 fully saturated rings. The van der Waals surface area contributed by atoms with Crippen molar-refractivity contribution >= 4 is 34.0 Å². The van der Waals surface area contributed by atoms with Crippen LogP contribution in [0.4, 0.5) is 10.8 Å². The van der Waals surface area contributed by atoms with Gasteiger partial charge < -0.3 is 15.7 Å². The van der Waals surface area contributed by atoms with Crippen LogP contribution in [0.5, 0.6) is 5.75 Å². The van der Waals surface area contributed by atoms with E-state index in [-0.39, 0.29) is 29.3 Å². The van der Waals surface area contributed by atoms with Crippen LogP contribution in [-0.4, -0.2) is 21.9 Å². The van der Waals surface area contributed by atoms with Gasteiger partial charge in [-0.3, -0.25) is 9.59 Å². The molecular weight excluding hydrogens is 290 g/mol. The van der Waals surface area contributed by atoms with Crippen LogP contribution in [0.1, 0.15) is 22.5 Å². The second kappa shape index (κ2) is 5.53. The number of amides is 2. The molecule has 3 N–H and O–H groups in total. The molecule has 1 saturated carbocycles. The number of thiophene rings is 1. The summed E-state index contributed by atoms with van der Waals surface area (Å²) >= 11 is 1.19. The number of pyridine rings is 1. The molecular formula is C14H13N3O3S. The Kier molecular flexibility index (Phi) is 3.57. The first-order chi connectivity index (χ1) is 10.1. The topological polar surface area (TPSA) is 91.3 Å². The van der Waals surface area contributed by atoms with E-state index in [9.17, 15) is 14.7 Å². The second-order valence-electron chi connectivity index (χ2n) is 4.75. The number of nitrogens with one attached hydrogen (secondary N) is 2. The number of aromatic nitrogens is 1. The maximum absolute atomic E-state index is 12.0. The number of rotatable bonds is 4. The molecule has 0 unspecified atom stereocenters. The number of hydrogen-bond donors (Lipinski definition) is 3. The van der Waals surface area contributed by atoms with Gasteiger partial charge in [-0.05, 0) is 37.1 Å². The van der Waals surface area contributed by atoms with Gasteiger partial charge in [-0.15, -0.1) is 11.3 Å². The summed E-state index contributed by atoms with van der Waals surface area (Å²) in [5.74, 6) is -0.230. The molecule has 2 heterocycles. The maximum Gasteiger partial charge on any atom is 0.267 e. The van der Waals surface area contributed by atoms with E-state index in [0.29, 0.717) is 9.88 Å². The third kappa shape index (κ3) is 3.19. The van der Waals surface area contributed by atoms with Crippen molar-refractivity contribution in [1.82, 2.24) is 4.98 Å². The van der Waals surface area contributed by atoms with E-state index >= 15 is 0 Å². The van der Waals surface area contributed by atoms with E-state index in [1.807, 2.05) is 0 Å². The lowest BCUT2D eigenvalue weighted by molar-refractivity contribution is -0.117. The van der Waals surface area contributed by atoms with Crippen molar-refractivity contribution in [1.29, 1.82) is 0 Å². The van der Waals surface area contributed by atoms with Gasteiger partial charge in [-0.2, -0.15) is 0 Å². The Morgan fingerprint density at radius 2 is 2.05 bits per heavy atom. The van der Waals surface area contributed by atoms with Crippen LogP contribution >= 0.6 is 11.3 Å². The Labute approximate surface area is 124 Å². The molecule has 7 heteroatoms. The number of anilines is 2. The second-order valence-corrected chi connectivity index (χ2v) is 5.84. The summed E-state index contributed by atoms with van der Waals surface area (Å²) < 4.78 is 0. The first kappa shape index (κ1) is 13.6. The summed E-state index contributed by atoms with van der Waals surface area (Å²) in [6, 6.07) is 6.33. The molecule has 0 radical (unpaired) electrons. The van der Waals surface area contributed by atoms with E-state index < -0.39 is 0 Å². The third-order valence-corrected chi connectivity index (χ3v) is 4.04. The lowest BCUT2D eigenvalue weighted by Crippen LogP contribution is -2.12. The molecule has 2 aromatic rings. The van der Waals surface area contributed by atoms with Crippen molar-refractivity contribution in [3.05, 3.63) is 35.3 Å². The molecule has 3 rings (SSSR count). The normalized spacial score (nSPS) is 13.7. The molecule has 6 nitrogen and oxygen atoms in total. The lowest BCUT2D eigenvalue weighted by Gasteiger charge is -2.04. The zero-order valence-corrected chi connectivity index (χ0v) is 11.8. The summed E-state index contributed by atoms with van der Waals surface area (Å²) in [6.07, 6.45) is 3.35. The Hall–Kier alpha value is -2.41. The Bertz CT molecular complexity index is 694. The van der Waals surface area contributed by atoms with Crippen molar-refractivity contribution in [2.45, 2.75) is 12.8 Å². The molecule has 1 aliphatic carbocycles. The monoisotopic (exact) mass is 303 g/mol. The molecule has 0 aromatic carbocycles. The fourth-order valence-corrected chi connectivity index (χ4v) is 2.56. The van der Waals surface area contributed by atoms with Gasteiger partial charge in [0, 0.05) is 12.1 Å². The van der Waals surface area contributed by atoms with Crippen molar-refractivity contribution in [2.24, 2.45) is 5.92 Å². The van der Waals surface area contributed by atoms with E-state index in [0.717, 1.165) is 12.8 Å². The molecule has 2 amide bonds. The zero-order valence-electron chi connectivity index (χ0n) is 11.0. The highest BCUT2D eigenvalue weighted by Crippen LogP contribution is 2.31. The number of aromatic hydroxyl groups is 1. The molecule has 0 saturated heterocycles. The van der Waals surface area contributed by atoms with E-state index in [1.54, 1.807) is 18.2 Å². The van der Waals surface area contributed by atoms with Gasteiger partial charge in [0.1, 0.15) is 0 Å². The molecule has 108 valence electrons. The van der Waals surface area contributed by atoms with Gasteiger partial charge in [0.25, 0.3) is 5.91 Å². The molecule has 1 aliphatic rings. The molecule has 0 spiro atoms. The van der Waals surface area contributed by atoms with Crippen LogP contribution in [0.15, 0.2) is 30.5 Å². The number of carbonyl (C=O) groups is 2. The Morgan fingerprint density at radius 1 is 1.24 bits per heavy atom. The molecule has 0 atom stereocenters. The highest BCUT2D eigenvalue weighted by Gasteiger charge is 2.29. The first-order valence-corrected chi connectivity index (χ1v) is 7.31. The van der Waals surface area contributed by atoms with Crippen LogP contribution in [0.2, 0.25) is 0 Å². The summed E-state index contributed by atoms with van der Waals surface area (Å²) in [6.45, 7) is 0. The van der Waals surface area contributed by atoms with Gasteiger partial charge in [-0.1, -0.05) is 0 Å². The van der Waals surface area contributed by atoms with Crippen molar-refractivity contribution in [3.63, 3.8) is 0 Å². The largest absolute Gasteiger partial charge is 0.504 e. The summed E-state index contributed by atoms with van der Waals surface area (Å²) in [5, 5.41) is 15.5. The van der Waals surface area contributed by atoms with E-state index in [2.05, 4.69) is 15.6 Å². The predicted octanol–water partition coefficient (Wildman–Crippen LogP) is 2.45. The fraction of sp³-hybridized carbons (Fsp3) is 0.214. The fourth-order valence-electron chi connectivity index (χ4n) is 1.76. The van der Waals surface area contributed by atoms with Gasteiger partial charge >= 0.3 is 0 Å². The summed E-state index contributed by atoms with van der Waals surface area (Å²) in [5.41, 5.74) is 0. The zero-order chi connectivity index (χ0) is 14.8. The Morgan fingerprint density at radius 3 is 2.76 bits per heavy atom.